The molecule has 3 heterocycles. The van der Waals surface area contributed by atoms with Gasteiger partial charge in [0.15, 0.2) is 0 Å². The molecule has 2 fully saturated rings. The van der Waals surface area contributed by atoms with E-state index >= 15 is 0 Å². The number of carbonyl (C=O) groups excluding carboxylic acids is 1. The number of amides is 1. The Labute approximate surface area is 142 Å². The van der Waals surface area contributed by atoms with E-state index in [2.05, 4.69) is 10.2 Å². The summed E-state index contributed by atoms with van der Waals surface area (Å²) in [6.07, 6.45) is 4.99. The van der Waals surface area contributed by atoms with Gasteiger partial charge in [0, 0.05) is 18.4 Å². The molecule has 1 N–H and O–H groups in total. The second kappa shape index (κ2) is 6.48. The first kappa shape index (κ1) is 15.5. The van der Waals surface area contributed by atoms with Gasteiger partial charge in [0.2, 0.25) is 5.91 Å². The predicted molar refractivity (Wildman–Crippen MR) is 89.6 cm³/mol. The lowest BCUT2D eigenvalue weighted by Gasteiger charge is -2.26. The highest BCUT2D eigenvalue weighted by Crippen LogP contribution is 2.47. The van der Waals surface area contributed by atoms with Crippen LogP contribution in [0.15, 0.2) is 39.4 Å². The second-order valence-corrected chi connectivity index (χ2v) is 6.92. The third-order valence-corrected chi connectivity index (χ3v) is 5.18. The van der Waals surface area contributed by atoms with Gasteiger partial charge in [0.1, 0.15) is 17.3 Å². The van der Waals surface area contributed by atoms with Crippen molar-refractivity contribution in [3.63, 3.8) is 0 Å². The normalized spacial score (nSPS) is 24.9. The zero-order chi connectivity index (χ0) is 16.5. The molecule has 1 saturated carbocycles. The van der Waals surface area contributed by atoms with Crippen molar-refractivity contribution >= 4 is 5.91 Å². The molecule has 0 radical (unpaired) electrons. The molecule has 0 bridgehead atoms. The van der Waals surface area contributed by atoms with Crippen molar-refractivity contribution in [2.75, 3.05) is 19.6 Å². The van der Waals surface area contributed by atoms with Gasteiger partial charge in [-0.3, -0.25) is 9.69 Å². The van der Waals surface area contributed by atoms with Crippen LogP contribution in [0.1, 0.15) is 48.5 Å². The number of aryl methyl sites for hydroxylation is 1. The number of hydrogen-bond acceptors (Lipinski definition) is 4. The standard InChI is InChI=1S/C19H24N2O3/c1-13-6-7-18(24-13)16(21-8-2-3-9-21)12-20-19(22)15-11-14(15)17-5-4-10-23-17/h4-7,10,14-16H,2-3,8-9,11-12H2,1H3,(H,20,22)/t14-,15-,16-/m0/s1. The molecule has 5 nitrogen and oxygen atoms in total. The first-order valence-corrected chi connectivity index (χ1v) is 8.84. The fourth-order valence-electron chi connectivity index (χ4n) is 3.73. The van der Waals surface area contributed by atoms with Crippen molar-refractivity contribution in [3.8, 4) is 0 Å². The average molecular weight is 328 g/mol. The maximum Gasteiger partial charge on any atom is 0.223 e. The maximum atomic E-state index is 12.5. The summed E-state index contributed by atoms with van der Waals surface area (Å²) in [5, 5.41) is 3.14. The highest BCUT2D eigenvalue weighted by Gasteiger charge is 2.46. The van der Waals surface area contributed by atoms with Gasteiger partial charge < -0.3 is 14.2 Å². The molecular formula is C19H24N2O3. The van der Waals surface area contributed by atoms with Crippen molar-refractivity contribution in [2.45, 2.75) is 38.1 Å². The number of likely N-dealkylation sites (tertiary alicyclic amines) is 1. The van der Waals surface area contributed by atoms with Crippen LogP contribution in [0, 0.1) is 12.8 Å². The van der Waals surface area contributed by atoms with Gasteiger partial charge in [-0.15, -0.1) is 0 Å². The van der Waals surface area contributed by atoms with Crippen LogP contribution in [0.25, 0.3) is 0 Å². The smallest absolute Gasteiger partial charge is 0.223 e. The van der Waals surface area contributed by atoms with E-state index in [1.165, 1.54) is 12.8 Å². The Balaban J connectivity index is 1.37. The Bertz CT molecular complexity index is 685. The molecule has 3 atom stereocenters. The second-order valence-electron chi connectivity index (χ2n) is 6.92. The lowest BCUT2D eigenvalue weighted by Crippen LogP contribution is -2.37. The van der Waals surface area contributed by atoms with E-state index in [4.69, 9.17) is 8.83 Å². The van der Waals surface area contributed by atoms with E-state index in [1.807, 2.05) is 31.2 Å². The van der Waals surface area contributed by atoms with E-state index in [1.54, 1.807) is 6.26 Å². The fourth-order valence-corrected chi connectivity index (χ4v) is 3.73. The Morgan fingerprint density at radius 1 is 1.33 bits per heavy atom. The average Bonchev–Trinajstić information content (AvgIpc) is 3.03. The molecule has 0 aromatic carbocycles. The van der Waals surface area contributed by atoms with Crippen molar-refractivity contribution in [2.24, 2.45) is 5.92 Å². The van der Waals surface area contributed by atoms with Gasteiger partial charge in [0.05, 0.1) is 12.3 Å². The molecule has 0 unspecified atom stereocenters. The number of furan rings is 2. The van der Waals surface area contributed by atoms with Crippen LogP contribution in [0.4, 0.5) is 0 Å². The summed E-state index contributed by atoms with van der Waals surface area (Å²) in [4.78, 5) is 14.9. The molecule has 4 rings (SSSR count). The number of carbonyl (C=O) groups is 1. The molecule has 1 aliphatic carbocycles. The van der Waals surface area contributed by atoms with Gasteiger partial charge in [-0.25, -0.2) is 0 Å². The van der Waals surface area contributed by atoms with Crippen molar-refractivity contribution < 1.29 is 13.6 Å². The Hall–Kier alpha value is -2.01. The summed E-state index contributed by atoms with van der Waals surface area (Å²) in [6.45, 7) is 4.70. The molecule has 2 aromatic rings. The monoisotopic (exact) mass is 328 g/mol. The lowest BCUT2D eigenvalue weighted by atomic mass is 10.2. The van der Waals surface area contributed by atoms with Crippen molar-refractivity contribution in [1.29, 1.82) is 0 Å². The van der Waals surface area contributed by atoms with Gasteiger partial charge in [-0.2, -0.15) is 0 Å². The minimum Gasteiger partial charge on any atom is -0.469 e. The first-order chi connectivity index (χ1) is 11.7. The molecule has 1 aliphatic heterocycles. The van der Waals surface area contributed by atoms with Crippen LogP contribution in [-0.2, 0) is 4.79 Å². The van der Waals surface area contributed by atoms with Gasteiger partial charge in [-0.05, 0) is 63.5 Å². The summed E-state index contributed by atoms with van der Waals surface area (Å²) >= 11 is 0. The van der Waals surface area contributed by atoms with E-state index in [9.17, 15) is 4.79 Å². The molecule has 5 heteroatoms. The van der Waals surface area contributed by atoms with Crippen LogP contribution in [0.2, 0.25) is 0 Å². The van der Waals surface area contributed by atoms with E-state index in [-0.39, 0.29) is 23.8 Å². The topological polar surface area (TPSA) is 58.6 Å². The van der Waals surface area contributed by atoms with Crippen LogP contribution < -0.4 is 5.32 Å². The van der Waals surface area contributed by atoms with Crippen molar-refractivity contribution in [3.05, 3.63) is 47.8 Å². The zero-order valence-electron chi connectivity index (χ0n) is 14.0. The number of nitrogens with one attached hydrogen (secondary N) is 1. The Morgan fingerprint density at radius 3 is 2.83 bits per heavy atom. The van der Waals surface area contributed by atoms with Crippen LogP contribution in [0.5, 0.6) is 0 Å². The third kappa shape index (κ3) is 3.13. The molecule has 1 saturated heterocycles. The summed E-state index contributed by atoms with van der Waals surface area (Å²) in [6, 6.07) is 7.99. The molecule has 0 spiro atoms. The Morgan fingerprint density at radius 2 is 2.17 bits per heavy atom. The summed E-state index contributed by atoms with van der Waals surface area (Å²) in [5.74, 6) is 3.22. The molecule has 2 aliphatic rings. The minimum atomic E-state index is 0.0497. The first-order valence-electron chi connectivity index (χ1n) is 8.84. The van der Waals surface area contributed by atoms with Gasteiger partial charge in [-0.1, -0.05) is 0 Å². The van der Waals surface area contributed by atoms with Crippen LogP contribution in [-0.4, -0.2) is 30.4 Å². The molecule has 1 amide bonds. The summed E-state index contributed by atoms with van der Waals surface area (Å²) < 4.78 is 11.3. The number of hydrogen-bond donors (Lipinski definition) is 1. The quantitative estimate of drug-likeness (QED) is 0.884. The molecule has 2 aromatic heterocycles. The summed E-state index contributed by atoms with van der Waals surface area (Å²) in [5.41, 5.74) is 0. The fraction of sp³-hybridized carbons (Fsp3) is 0.526. The third-order valence-electron chi connectivity index (χ3n) is 5.18. The van der Waals surface area contributed by atoms with Gasteiger partial charge in [0.25, 0.3) is 0 Å². The van der Waals surface area contributed by atoms with Crippen LogP contribution >= 0.6 is 0 Å². The van der Waals surface area contributed by atoms with E-state index < -0.39 is 0 Å². The number of nitrogens with zero attached hydrogens (tertiary/aromatic N) is 1. The van der Waals surface area contributed by atoms with Gasteiger partial charge >= 0.3 is 0 Å². The SMILES string of the molecule is Cc1ccc([C@H](CNC(=O)[C@H]2C[C@@H]2c2ccco2)N2CCCC2)o1. The number of rotatable bonds is 6. The van der Waals surface area contributed by atoms with E-state index in [0.29, 0.717) is 6.54 Å². The minimum absolute atomic E-state index is 0.0497. The molecular weight excluding hydrogens is 304 g/mol. The highest BCUT2D eigenvalue weighted by molar-refractivity contribution is 5.82. The summed E-state index contributed by atoms with van der Waals surface area (Å²) in [7, 11) is 0. The lowest BCUT2D eigenvalue weighted by molar-refractivity contribution is -0.122. The maximum absolute atomic E-state index is 12.5. The largest absolute Gasteiger partial charge is 0.469 e. The Kier molecular flexibility index (Phi) is 4.19. The van der Waals surface area contributed by atoms with Crippen LogP contribution in [0.3, 0.4) is 0 Å². The zero-order valence-corrected chi connectivity index (χ0v) is 14.0. The van der Waals surface area contributed by atoms with E-state index in [0.717, 1.165) is 36.8 Å². The highest BCUT2D eigenvalue weighted by atomic mass is 16.3. The molecule has 128 valence electrons. The predicted octanol–water partition coefficient (Wildman–Crippen LogP) is 3.24. The van der Waals surface area contributed by atoms with Crippen molar-refractivity contribution in [1.82, 2.24) is 10.2 Å². The molecule has 24 heavy (non-hydrogen) atoms.